The summed E-state index contributed by atoms with van der Waals surface area (Å²) in [5.41, 5.74) is 7.20. The molecule has 0 radical (unpaired) electrons. The highest BCUT2D eigenvalue weighted by Crippen LogP contribution is 2.23. The molecule has 1 aliphatic rings. The molecule has 1 aliphatic heterocycles. The van der Waals surface area contributed by atoms with E-state index in [4.69, 9.17) is 17.3 Å². The van der Waals surface area contributed by atoms with E-state index in [0.717, 1.165) is 19.5 Å². The van der Waals surface area contributed by atoms with Crippen molar-refractivity contribution >= 4 is 23.1 Å². The van der Waals surface area contributed by atoms with Crippen molar-refractivity contribution in [1.82, 2.24) is 14.9 Å². The molecule has 1 aromatic rings. The zero-order chi connectivity index (χ0) is 11.7. The largest absolute Gasteiger partial charge is 0.394 e. The summed E-state index contributed by atoms with van der Waals surface area (Å²) in [6.07, 6.45) is 1.09. The Morgan fingerprint density at radius 2 is 2.25 bits per heavy atom. The normalized spacial score (nSPS) is 21.3. The lowest BCUT2D eigenvalue weighted by molar-refractivity contribution is 0.414. The Hall–Kier alpha value is -1.07. The van der Waals surface area contributed by atoms with Gasteiger partial charge in [0.2, 0.25) is 5.28 Å². The molecule has 16 heavy (non-hydrogen) atoms. The van der Waals surface area contributed by atoms with Gasteiger partial charge in [0.05, 0.1) is 11.4 Å². The van der Waals surface area contributed by atoms with E-state index < -0.39 is 0 Å². The Morgan fingerprint density at radius 1 is 1.50 bits per heavy atom. The van der Waals surface area contributed by atoms with Crippen molar-refractivity contribution in [2.24, 2.45) is 0 Å². The van der Waals surface area contributed by atoms with Crippen molar-refractivity contribution in [3.63, 3.8) is 0 Å². The smallest absolute Gasteiger partial charge is 0.224 e. The molecule has 0 bridgehead atoms. The van der Waals surface area contributed by atoms with Crippen molar-refractivity contribution in [2.75, 3.05) is 31.2 Å². The van der Waals surface area contributed by atoms with E-state index in [1.807, 2.05) is 6.92 Å². The van der Waals surface area contributed by atoms with E-state index in [1.165, 1.54) is 0 Å². The zero-order valence-corrected chi connectivity index (χ0v) is 10.3. The van der Waals surface area contributed by atoms with Gasteiger partial charge in [0, 0.05) is 12.6 Å². The maximum atomic E-state index is 5.90. The van der Waals surface area contributed by atoms with E-state index in [0.29, 0.717) is 23.2 Å². The van der Waals surface area contributed by atoms with Crippen LogP contribution in [0.25, 0.3) is 0 Å². The number of hydrogen-bond acceptors (Lipinski definition) is 5. The number of aromatic nitrogens is 2. The topological polar surface area (TPSA) is 67.1 Å². The molecule has 6 heteroatoms. The molecule has 1 unspecified atom stereocenters. The van der Waals surface area contributed by atoms with E-state index in [-0.39, 0.29) is 5.28 Å². The first-order chi connectivity index (χ1) is 7.56. The lowest BCUT2D eigenvalue weighted by atomic mass is 10.2. The maximum absolute atomic E-state index is 5.90. The SMILES string of the molecule is Cc1nc(Cl)nc(NC2CCN(C)C2)c1N. The van der Waals surface area contributed by atoms with Crippen LogP contribution in [-0.4, -0.2) is 41.0 Å². The quantitative estimate of drug-likeness (QED) is 0.760. The molecule has 0 spiro atoms. The summed E-state index contributed by atoms with van der Waals surface area (Å²) in [6.45, 7) is 3.92. The van der Waals surface area contributed by atoms with Crippen LogP contribution in [0.5, 0.6) is 0 Å². The Kier molecular flexibility index (Phi) is 3.16. The van der Waals surface area contributed by atoms with Crippen molar-refractivity contribution in [3.05, 3.63) is 11.0 Å². The number of aryl methyl sites for hydroxylation is 1. The maximum Gasteiger partial charge on any atom is 0.224 e. The van der Waals surface area contributed by atoms with Crippen molar-refractivity contribution < 1.29 is 0 Å². The average Bonchev–Trinajstić information content (AvgIpc) is 2.60. The first-order valence-corrected chi connectivity index (χ1v) is 5.68. The highest BCUT2D eigenvalue weighted by Gasteiger charge is 2.20. The molecule has 88 valence electrons. The van der Waals surface area contributed by atoms with Gasteiger partial charge in [-0.3, -0.25) is 0 Å². The van der Waals surface area contributed by atoms with Gasteiger partial charge in [-0.15, -0.1) is 0 Å². The number of nitrogens with two attached hydrogens (primary N) is 1. The van der Waals surface area contributed by atoms with Gasteiger partial charge >= 0.3 is 0 Å². The fourth-order valence-electron chi connectivity index (χ4n) is 1.90. The van der Waals surface area contributed by atoms with Gasteiger partial charge in [-0.2, -0.15) is 4.98 Å². The van der Waals surface area contributed by atoms with E-state index >= 15 is 0 Å². The molecule has 1 aromatic heterocycles. The summed E-state index contributed by atoms with van der Waals surface area (Å²) in [7, 11) is 2.10. The number of likely N-dealkylation sites (N-methyl/N-ethyl adjacent to an activating group) is 1. The fraction of sp³-hybridized carbons (Fsp3) is 0.600. The predicted octanol–water partition coefficient (Wildman–Crippen LogP) is 1.14. The van der Waals surface area contributed by atoms with Gasteiger partial charge in [0.15, 0.2) is 5.82 Å². The van der Waals surface area contributed by atoms with Gasteiger partial charge in [-0.25, -0.2) is 4.98 Å². The average molecular weight is 242 g/mol. The summed E-state index contributed by atoms with van der Waals surface area (Å²) in [5.74, 6) is 0.651. The number of hydrogen-bond donors (Lipinski definition) is 2. The van der Waals surface area contributed by atoms with Crippen LogP contribution in [0, 0.1) is 6.92 Å². The highest BCUT2D eigenvalue weighted by molar-refractivity contribution is 6.28. The monoisotopic (exact) mass is 241 g/mol. The van der Waals surface area contributed by atoms with E-state index in [1.54, 1.807) is 0 Å². The molecule has 0 aromatic carbocycles. The van der Waals surface area contributed by atoms with Gasteiger partial charge in [-0.05, 0) is 38.5 Å². The van der Waals surface area contributed by atoms with Gasteiger partial charge in [-0.1, -0.05) is 0 Å². The zero-order valence-electron chi connectivity index (χ0n) is 9.50. The molecule has 5 nitrogen and oxygen atoms in total. The Bertz CT molecular complexity index is 395. The number of anilines is 2. The lowest BCUT2D eigenvalue weighted by Crippen LogP contribution is -2.24. The minimum atomic E-state index is 0.237. The van der Waals surface area contributed by atoms with Gasteiger partial charge in [0.1, 0.15) is 0 Å². The summed E-state index contributed by atoms with van der Waals surface area (Å²) in [6, 6.07) is 0.387. The summed E-state index contributed by atoms with van der Waals surface area (Å²) in [5, 5.41) is 3.56. The molecule has 2 heterocycles. The van der Waals surface area contributed by atoms with Crippen LogP contribution in [0.1, 0.15) is 12.1 Å². The highest BCUT2D eigenvalue weighted by atomic mass is 35.5. The molecule has 2 rings (SSSR count). The van der Waals surface area contributed by atoms with Crippen LogP contribution in [0.2, 0.25) is 5.28 Å². The standard InChI is InChI=1S/C10H16ClN5/c1-6-8(12)9(15-10(11)13-6)14-7-3-4-16(2)5-7/h7H,3-5,12H2,1-2H3,(H,13,14,15). The molecule has 3 N–H and O–H groups in total. The summed E-state index contributed by atoms with van der Waals surface area (Å²) >= 11 is 5.81. The van der Waals surface area contributed by atoms with Crippen LogP contribution >= 0.6 is 11.6 Å². The fourth-order valence-corrected chi connectivity index (χ4v) is 2.11. The van der Waals surface area contributed by atoms with Crippen molar-refractivity contribution in [1.29, 1.82) is 0 Å². The third-order valence-corrected chi connectivity index (χ3v) is 3.01. The van der Waals surface area contributed by atoms with E-state index in [2.05, 4.69) is 27.2 Å². The Labute approximate surface area is 100 Å². The van der Waals surface area contributed by atoms with Gasteiger partial charge < -0.3 is 16.0 Å². The summed E-state index contributed by atoms with van der Waals surface area (Å²) < 4.78 is 0. The first-order valence-electron chi connectivity index (χ1n) is 5.31. The van der Waals surface area contributed by atoms with Crippen LogP contribution in [0.4, 0.5) is 11.5 Å². The molecule has 0 aliphatic carbocycles. The number of likely N-dealkylation sites (tertiary alicyclic amines) is 1. The number of nitrogens with zero attached hydrogens (tertiary/aromatic N) is 3. The minimum absolute atomic E-state index is 0.237. The molecule has 1 atom stereocenters. The number of rotatable bonds is 2. The van der Waals surface area contributed by atoms with Crippen LogP contribution < -0.4 is 11.1 Å². The Balaban J connectivity index is 2.15. The number of halogens is 1. The molecule has 1 saturated heterocycles. The first kappa shape index (κ1) is 11.4. The second-order valence-corrected chi connectivity index (χ2v) is 4.57. The molecular formula is C10H16ClN5. The second-order valence-electron chi connectivity index (χ2n) is 4.23. The minimum Gasteiger partial charge on any atom is -0.394 e. The summed E-state index contributed by atoms with van der Waals surface area (Å²) in [4.78, 5) is 10.4. The van der Waals surface area contributed by atoms with Crippen LogP contribution in [0.3, 0.4) is 0 Å². The van der Waals surface area contributed by atoms with E-state index in [9.17, 15) is 0 Å². The number of nitrogens with one attached hydrogen (secondary N) is 1. The predicted molar refractivity (Wildman–Crippen MR) is 65.7 cm³/mol. The third-order valence-electron chi connectivity index (χ3n) is 2.84. The molecule has 1 fully saturated rings. The van der Waals surface area contributed by atoms with Crippen LogP contribution in [0.15, 0.2) is 0 Å². The van der Waals surface area contributed by atoms with Crippen molar-refractivity contribution in [3.8, 4) is 0 Å². The molecule has 0 saturated carbocycles. The Morgan fingerprint density at radius 3 is 2.88 bits per heavy atom. The lowest BCUT2D eigenvalue weighted by Gasteiger charge is -2.15. The second kappa shape index (κ2) is 4.43. The number of nitrogen functional groups attached to an aromatic ring is 1. The molecule has 0 amide bonds. The van der Waals surface area contributed by atoms with Crippen LogP contribution in [-0.2, 0) is 0 Å². The third kappa shape index (κ3) is 2.36. The molecular weight excluding hydrogens is 226 g/mol. The van der Waals surface area contributed by atoms with Gasteiger partial charge in [0.25, 0.3) is 0 Å². The van der Waals surface area contributed by atoms with Crippen molar-refractivity contribution in [2.45, 2.75) is 19.4 Å².